The van der Waals surface area contributed by atoms with E-state index in [1.165, 1.54) is 0 Å². The molecule has 1 fully saturated rings. The number of hydrogen-bond acceptors (Lipinski definition) is 6. The Morgan fingerprint density at radius 1 is 1.50 bits per heavy atom. The second kappa shape index (κ2) is 4.34. The number of nitrogens with one attached hydrogen (secondary N) is 1. The third-order valence-corrected chi connectivity index (χ3v) is 3.02. The summed E-state index contributed by atoms with van der Waals surface area (Å²) in [6, 6.07) is 1.71. The van der Waals surface area contributed by atoms with Gasteiger partial charge in [-0.15, -0.1) is 0 Å². The van der Waals surface area contributed by atoms with Crippen molar-refractivity contribution in [3.63, 3.8) is 0 Å². The van der Waals surface area contributed by atoms with Crippen molar-refractivity contribution in [1.29, 1.82) is 0 Å². The van der Waals surface area contributed by atoms with Gasteiger partial charge in [-0.3, -0.25) is 19.8 Å². The molecule has 2 heterocycles. The summed E-state index contributed by atoms with van der Waals surface area (Å²) in [6.07, 6.45) is 1.55. The number of aromatic nitrogens is 2. The van der Waals surface area contributed by atoms with Crippen LogP contribution in [-0.4, -0.2) is 38.8 Å². The van der Waals surface area contributed by atoms with Gasteiger partial charge in [-0.2, -0.15) is 0 Å². The second-order valence-electron chi connectivity index (χ2n) is 4.70. The lowest BCUT2D eigenvalue weighted by Crippen LogP contribution is -2.63. The second-order valence-corrected chi connectivity index (χ2v) is 4.70. The topological polar surface area (TPSA) is 101 Å². The van der Waals surface area contributed by atoms with Crippen molar-refractivity contribution in [3.05, 3.63) is 18.0 Å². The molecule has 2 rings (SSSR count). The van der Waals surface area contributed by atoms with Crippen molar-refractivity contribution in [1.82, 2.24) is 20.2 Å². The molecule has 7 heteroatoms. The van der Waals surface area contributed by atoms with Gasteiger partial charge in [0.1, 0.15) is 0 Å². The van der Waals surface area contributed by atoms with Crippen LogP contribution < -0.4 is 11.1 Å². The van der Waals surface area contributed by atoms with Crippen molar-refractivity contribution in [3.8, 4) is 0 Å². The summed E-state index contributed by atoms with van der Waals surface area (Å²) in [5, 5.41) is 2.32. The fourth-order valence-electron chi connectivity index (χ4n) is 1.78. The highest BCUT2D eigenvalue weighted by molar-refractivity contribution is 6.02. The number of imide groups is 1. The third-order valence-electron chi connectivity index (χ3n) is 3.02. The first-order chi connectivity index (χ1) is 8.39. The Morgan fingerprint density at radius 3 is 2.89 bits per heavy atom. The van der Waals surface area contributed by atoms with E-state index in [4.69, 9.17) is 5.73 Å². The number of piperazine rings is 1. The van der Waals surface area contributed by atoms with E-state index in [-0.39, 0.29) is 24.3 Å². The lowest BCUT2D eigenvalue weighted by molar-refractivity contribution is -0.145. The Balaban J connectivity index is 2.21. The summed E-state index contributed by atoms with van der Waals surface area (Å²) in [5.41, 5.74) is 5.42. The van der Waals surface area contributed by atoms with E-state index in [1.54, 1.807) is 31.0 Å². The highest BCUT2D eigenvalue weighted by Crippen LogP contribution is 2.20. The highest BCUT2D eigenvalue weighted by atomic mass is 16.2. The van der Waals surface area contributed by atoms with Crippen molar-refractivity contribution in [2.45, 2.75) is 25.9 Å². The minimum atomic E-state index is -0.756. The Morgan fingerprint density at radius 2 is 2.22 bits per heavy atom. The minimum Gasteiger partial charge on any atom is -0.368 e. The average molecular weight is 249 g/mol. The molecule has 2 amide bonds. The third kappa shape index (κ3) is 2.30. The number of nitrogen functional groups attached to an aromatic ring is 1. The first kappa shape index (κ1) is 12.4. The molecule has 1 aromatic rings. The molecule has 0 saturated carbocycles. The smallest absolute Gasteiger partial charge is 0.246 e. The van der Waals surface area contributed by atoms with Crippen LogP contribution in [-0.2, 0) is 16.1 Å². The van der Waals surface area contributed by atoms with Gasteiger partial charge in [-0.1, -0.05) is 0 Å². The van der Waals surface area contributed by atoms with Crippen molar-refractivity contribution in [2.75, 3.05) is 12.3 Å². The molecule has 18 heavy (non-hydrogen) atoms. The normalized spacial score (nSPS) is 19.7. The molecule has 0 spiro atoms. The summed E-state index contributed by atoms with van der Waals surface area (Å²) in [5.74, 6) is -0.430. The van der Waals surface area contributed by atoms with Crippen LogP contribution in [0.15, 0.2) is 12.3 Å². The molecular weight excluding hydrogens is 234 g/mol. The maximum Gasteiger partial charge on any atom is 0.246 e. The van der Waals surface area contributed by atoms with Gasteiger partial charge < -0.3 is 5.73 Å². The predicted octanol–water partition coefficient (Wildman–Crippen LogP) is -0.704. The fourth-order valence-corrected chi connectivity index (χ4v) is 1.78. The fraction of sp³-hybridized carbons (Fsp3) is 0.455. The zero-order valence-corrected chi connectivity index (χ0v) is 10.3. The molecule has 1 aliphatic rings. The van der Waals surface area contributed by atoms with Crippen LogP contribution in [0.25, 0.3) is 0 Å². The summed E-state index contributed by atoms with van der Waals surface area (Å²) >= 11 is 0. The molecule has 3 N–H and O–H groups in total. The number of nitrogens with two attached hydrogens (primary N) is 1. The molecule has 96 valence electrons. The van der Waals surface area contributed by atoms with Crippen molar-refractivity contribution in [2.24, 2.45) is 0 Å². The van der Waals surface area contributed by atoms with Crippen LogP contribution in [0.4, 0.5) is 5.95 Å². The van der Waals surface area contributed by atoms with E-state index in [0.717, 1.165) is 0 Å². The molecule has 1 aliphatic heterocycles. The molecule has 0 radical (unpaired) electrons. The van der Waals surface area contributed by atoms with Crippen LogP contribution in [0, 0.1) is 0 Å². The Bertz CT molecular complexity index is 500. The molecule has 0 aliphatic carbocycles. The Labute approximate surface area is 104 Å². The lowest BCUT2D eigenvalue weighted by Gasteiger charge is -2.39. The van der Waals surface area contributed by atoms with Gasteiger partial charge in [0, 0.05) is 12.7 Å². The molecule has 1 saturated heterocycles. The van der Waals surface area contributed by atoms with Gasteiger partial charge in [0.05, 0.1) is 17.8 Å². The Kier molecular flexibility index (Phi) is 3.00. The minimum absolute atomic E-state index is 0.155. The van der Waals surface area contributed by atoms with Gasteiger partial charge in [0.25, 0.3) is 0 Å². The number of rotatable bonds is 2. The maximum atomic E-state index is 11.8. The van der Waals surface area contributed by atoms with Gasteiger partial charge in [-0.05, 0) is 19.9 Å². The van der Waals surface area contributed by atoms with E-state index in [1.807, 2.05) is 0 Å². The summed E-state index contributed by atoms with van der Waals surface area (Å²) in [7, 11) is 0. The average Bonchev–Trinajstić information content (AvgIpc) is 2.26. The zero-order valence-electron chi connectivity index (χ0n) is 10.3. The highest BCUT2D eigenvalue weighted by Gasteiger charge is 2.40. The van der Waals surface area contributed by atoms with Crippen LogP contribution in [0.2, 0.25) is 0 Å². The van der Waals surface area contributed by atoms with Crippen LogP contribution >= 0.6 is 0 Å². The van der Waals surface area contributed by atoms with E-state index >= 15 is 0 Å². The van der Waals surface area contributed by atoms with Gasteiger partial charge >= 0.3 is 0 Å². The van der Waals surface area contributed by atoms with Crippen LogP contribution in [0.5, 0.6) is 0 Å². The molecule has 0 aromatic carbocycles. The number of hydrogen-bond donors (Lipinski definition) is 2. The maximum absolute atomic E-state index is 11.8. The number of amides is 2. The monoisotopic (exact) mass is 249 g/mol. The largest absolute Gasteiger partial charge is 0.368 e. The van der Waals surface area contributed by atoms with Crippen LogP contribution in [0.3, 0.4) is 0 Å². The number of carbonyl (C=O) groups excluding carboxylic acids is 2. The van der Waals surface area contributed by atoms with Crippen molar-refractivity contribution < 1.29 is 9.59 Å². The predicted molar refractivity (Wildman–Crippen MR) is 64.1 cm³/mol. The van der Waals surface area contributed by atoms with E-state index in [0.29, 0.717) is 12.2 Å². The zero-order chi connectivity index (χ0) is 13.3. The lowest BCUT2D eigenvalue weighted by atomic mass is 9.98. The number of nitrogens with zero attached hydrogens (tertiary/aromatic N) is 3. The molecule has 7 nitrogen and oxygen atoms in total. The first-order valence-corrected chi connectivity index (χ1v) is 5.56. The number of carbonyl (C=O) groups is 2. The molecule has 1 aromatic heterocycles. The summed E-state index contributed by atoms with van der Waals surface area (Å²) in [4.78, 5) is 32.8. The van der Waals surface area contributed by atoms with Crippen molar-refractivity contribution >= 4 is 17.8 Å². The summed E-state index contributed by atoms with van der Waals surface area (Å²) in [6.45, 7) is 4.06. The first-order valence-electron chi connectivity index (χ1n) is 5.56. The molecule has 0 atom stereocenters. The van der Waals surface area contributed by atoms with E-state index in [9.17, 15) is 9.59 Å². The van der Waals surface area contributed by atoms with Crippen LogP contribution in [0.1, 0.15) is 19.5 Å². The standard InChI is InChI=1S/C11H15N5O2/c1-11(2)9(18)15-8(17)6-16(11)5-7-3-4-13-10(12)14-7/h3-4H,5-6H2,1-2H3,(H2,12,13,14)(H,15,17,18). The van der Waals surface area contributed by atoms with Gasteiger partial charge in [0.2, 0.25) is 17.8 Å². The van der Waals surface area contributed by atoms with Gasteiger partial charge in [0.15, 0.2) is 0 Å². The van der Waals surface area contributed by atoms with E-state index < -0.39 is 5.54 Å². The van der Waals surface area contributed by atoms with Gasteiger partial charge in [-0.25, -0.2) is 9.97 Å². The number of anilines is 1. The Hall–Kier alpha value is -2.02. The summed E-state index contributed by atoms with van der Waals surface area (Å²) < 4.78 is 0. The molecule has 0 bridgehead atoms. The molecule has 0 unspecified atom stereocenters. The SMILES string of the molecule is CC1(C)C(=O)NC(=O)CN1Cc1ccnc(N)n1. The van der Waals surface area contributed by atoms with E-state index in [2.05, 4.69) is 15.3 Å². The molecular formula is C11H15N5O2. The quantitative estimate of drug-likeness (QED) is 0.672.